The summed E-state index contributed by atoms with van der Waals surface area (Å²) < 4.78 is 5.56. The molecule has 1 aliphatic heterocycles. The van der Waals surface area contributed by atoms with E-state index in [9.17, 15) is 9.90 Å². The molecule has 0 aliphatic carbocycles. The maximum absolute atomic E-state index is 12.0. The van der Waals surface area contributed by atoms with Crippen molar-refractivity contribution in [3.05, 3.63) is 29.3 Å². The van der Waals surface area contributed by atoms with Crippen LogP contribution in [0.4, 0.5) is 0 Å². The third kappa shape index (κ3) is 4.90. The fourth-order valence-corrected chi connectivity index (χ4v) is 2.50. The number of halogens is 1. The maximum atomic E-state index is 12.0. The monoisotopic (exact) mass is 311 g/mol. The number of nitrogens with zero attached hydrogens (tertiary/aromatic N) is 1. The molecule has 1 aromatic rings. The molecule has 21 heavy (non-hydrogen) atoms. The second-order valence-electron chi connectivity index (χ2n) is 5.58. The minimum atomic E-state index is -0.395. The van der Waals surface area contributed by atoms with Crippen LogP contribution < -0.4 is 4.74 Å². The van der Waals surface area contributed by atoms with E-state index in [0.717, 1.165) is 18.7 Å². The van der Waals surface area contributed by atoms with Gasteiger partial charge in [-0.15, -0.1) is 0 Å². The second kappa shape index (κ2) is 7.66. The molecule has 1 aromatic carbocycles. The first-order valence-corrected chi connectivity index (χ1v) is 7.78. The molecule has 1 aliphatic rings. The SMILES string of the molecule is CC1CCN(C(=O)CCCOc2ccc(Cl)cc2)CC1O. The van der Waals surface area contributed by atoms with Gasteiger partial charge in [0.05, 0.1) is 12.7 Å². The van der Waals surface area contributed by atoms with Gasteiger partial charge in [0.25, 0.3) is 0 Å². The summed E-state index contributed by atoms with van der Waals surface area (Å²) >= 11 is 5.80. The highest BCUT2D eigenvalue weighted by molar-refractivity contribution is 6.30. The number of rotatable bonds is 5. The van der Waals surface area contributed by atoms with Crippen molar-refractivity contribution < 1.29 is 14.6 Å². The van der Waals surface area contributed by atoms with Gasteiger partial charge in [0, 0.05) is 24.5 Å². The van der Waals surface area contributed by atoms with Crippen LogP contribution in [0.5, 0.6) is 5.75 Å². The second-order valence-corrected chi connectivity index (χ2v) is 6.02. The van der Waals surface area contributed by atoms with Crippen molar-refractivity contribution in [2.45, 2.75) is 32.3 Å². The van der Waals surface area contributed by atoms with Gasteiger partial charge in [-0.3, -0.25) is 4.79 Å². The Bertz CT molecular complexity index is 463. The Balaban J connectivity index is 1.66. The summed E-state index contributed by atoms with van der Waals surface area (Å²) in [5, 5.41) is 10.5. The summed E-state index contributed by atoms with van der Waals surface area (Å²) in [5.74, 6) is 1.14. The Labute approximate surface area is 130 Å². The van der Waals surface area contributed by atoms with Crippen molar-refractivity contribution in [1.29, 1.82) is 0 Å². The molecule has 0 aromatic heterocycles. The topological polar surface area (TPSA) is 49.8 Å². The van der Waals surface area contributed by atoms with E-state index in [-0.39, 0.29) is 11.8 Å². The van der Waals surface area contributed by atoms with Crippen LogP contribution in [0, 0.1) is 5.92 Å². The van der Waals surface area contributed by atoms with Crippen LogP contribution in [-0.2, 0) is 4.79 Å². The summed E-state index contributed by atoms with van der Waals surface area (Å²) in [4.78, 5) is 13.8. The van der Waals surface area contributed by atoms with Crippen LogP contribution >= 0.6 is 11.6 Å². The highest BCUT2D eigenvalue weighted by Crippen LogP contribution is 2.18. The van der Waals surface area contributed by atoms with E-state index in [0.29, 0.717) is 31.0 Å². The molecule has 0 radical (unpaired) electrons. The zero-order chi connectivity index (χ0) is 15.2. The third-order valence-corrected chi connectivity index (χ3v) is 4.14. The lowest BCUT2D eigenvalue weighted by Gasteiger charge is -2.34. The van der Waals surface area contributed by atoms with Gasteiger partial charge in [0.15, 0.2) is 0 Å². The first-order chi connectivity index (χ1) is 10.1. The lowest BCUT2D eigenvalue weighted by molar-refractivity contribution is -0.135. The van der Waals surface area contributed by atoms with E-state index in [1.54, 1.807) is 17.0 Å². The van der Waals surface area contributed by atoms with E-state index in [4.69, 9.17) is 16.3 Å². The number of carbonyl (C=O) groups is 1. The predicted octanol–water partition coefficient (Wildman–Crippen LogP) is 2.73. The molecule has 1 fully saturated rings. The predicted molar refractivity (Wildman–Crippen MR) is 82.5 cm³/mol. The molecule has 1 saturated heterocycles. The number of hydrogen-bond donors (Lipinski definition) is 1. The molecule has 1 N–H and O–H groups in total. The van der Waals surface area contributed by atoms with Gasteiger partial charge in [-0.2, -0.15) is 0 Å². The molecular formula is C16H22ClNO3. The number of likely N-dealkylation sites (tertiary alicyclic amines) is 1. The average molecular weight is 312 g/mol. The fraction of sp³-hybridized carbons (Fsp3) is 0.562. The van der Waals surface area contributed by atoms with Gasteiger partial charge in [0.1, 0.15) is 5.75 Å². The lowest BCUT2D eigenvalue weighted by Crippen LogP contribution is -2.45. The standard InChI is InChI=1S/C16H22ClNO3/c1-12-8-9-18(11-15(12)19)16(20)3-2-10-21-14-6-4-13(17)5-7-14/h4-7,12,15,19H,2-3,8-11H2,1H3. The normalized spacial score (nSPS) is 22.1. The smallest absolute Gasteiger partial charge is 0.222 e. The highest BCUT2D eigenvalue weighted by Gasteiger charge is 2.26. The van der Waals surface area contributed by atoms with Crippen molar-refractivity contribution in [3.63, 3.8) is 0 Å². The summed E-state index contributed by atoms with van der Waals surface area (Å²) in [6.45, 7) is 3.72. The Morgan fingerprint density at radius 3 is 2.81 bits per heavy atom. The average Bonchev–Trinajstić information content (AvgIpc) is 2.48. The zero-order valence-corrected chi connectivity index (χ0v) is 13.1. The van der Waals surface area contributed by atoms with Crippen LogP contribution in [0.2, 0.25) is 5.02 Å². The molecule has 2 atom stereocenters. The Morgan fingerprint density at radius 1 is 1.43 bits per heavy atom. The maximum Gasteiger partial charge on any atom is 0.222 e. The summed E-state index contributed by atoms with van der Waals surface area (Å²) in [5.41, 5.74) is 0. The number of carbonyl (C=O) groups excluding carboxylic acids is 1. The Kier molecular flexibility index (Phi) is 5.88. The van der Waals surface area contributed by atoms with Gasteiger partial charge in [-0.1, -0.05) is 18.5 Å². The molecule has 5 heteroatoms. The zero-order valence-electron chi connectivity index (χ0n) is 12.3. The summed E-state index contributed by atoms with van der Waals surface area (Å²) in [7, 11) is 0. The molecule has 1 heterocycles. The molecule has 4 nitrogen and oxygen atoms in total. The van der Waals surface area contributed by atoms with Crippen LogP contribution in [0.25, 0.3) is 0 Å². The quantitative estimate of drug-likeness (QED) is 0.851. The van der Waals surface area contributed by atoms with E-state index in [2.05, 4.69) is 0 Å². The molecule has 1 amide bonds. The van der Waals surface area contributed by atoms with E-state index in [1.807, 2.05) is 19.1 Å². The first kappa shape index (κ1) is 16.1. The molecule has 0 spiro atoms. The van der Waals surface area contributed by atoms with E-state index < -0.39 is 6.10 Å². The van der Waals surface area contributed by atoms with Crippen LogP contribution in [0.15, 0.2) is 24.3 Å². The number of ether oxygens (including phenoxy) is 1. The number of amides is 1. The van der Waals surface area contributed by atoms with Crippen molar-refractivity contribution in [2.24, 2.45) is 5.92 Å². The number of benzene rings is 1. The number of β-amino-alcohol motifs (C(OH)–C–C–N with tert-alkyl or cyclic N) is 1. The Hall–Kier alpha value is -1.26. The Morgan fingerprint density at radius 2 is 2.14 bits per heavy atom. The van der Waals surface area contributed by atoms with Crippen LogP contribution in [0.3, 0.4) is 0 Å². The fourth-order valence-electron chi connectivity index (χ4n) is 2.38. The molecule has 0 saturated carbocycles. The molecule has 2 unspecified atom stereocenters. The van der Waals surface area contributed by atoms with Gasteiger partial charge in [0.2, 0.25) is 5.91 Å². The number of piperidine rings is 1. The van der Waals surface area contributed by atoms with Gasteiger partial charge in [-0.05, 0) is 43.0 Å². The molecule has 0 bridgehead atoms. The van der Waals surface area contributed by atoms with Crippen LogP contribution in [0.1, 0.15) is 26.2 Å². The van der Waals surface area contributed by atoms with Gasteiger partial charge < -0.3 is 14.7 Å². The van der Waals surface area contributed by atoms with Crippen molar-refractivity contribution in [2.75, 3.05) is 19.7 Å². The third-order valence-electron chi connectivity index (χ3n) is 3.89. The van der Waals surface area contributed by atoms with Crippen molar-refractivity contribution >= 4 is 17.5 Å². The minimum absolute atomic E-state index is 0.0978. The molecule has 116 valence electrons. The van der Waals surface area contributed by atoms with Crippen molar-refractivity contribution in [3.8, 4) is 5.75 Å². The highest BCUT2D eigenvalue weighted by atomic mass is 35.5. The van der Waals surface area contributed by atoms with Gasteiger partial charge in [-0.25, -0.2) is 0 Å². The van der Waals surface area contributed by atoms with Gasteiger partial charge >= 0.3 is 0 Å². The number of hydrogen-bond acceptors (Lipinski definition) is 3. The first-order valence-electron chi connectivity index (χ1n) is 7.40. The van der Waals surface area contributed by atoms with E-state index >= 15 is 0 Å². The number of aliphatic hydroxyl groups excluding tert-OH is 1. The van der Waals surface area contributed by atoms with E-state index in [1.165, 1.54) is 0 Å². The number of aliphatic hydroxyl groups is 1. The summed E-state index contributed by atoms with van der Waals surface area (Å²) in [6.07, 6.45) is 1.60. The van der Waals surface area contributed by atoms with Crippen molar-refractivity contribution in [1.82, 2.24) is 4.90 Å². The summed E-state index contributed by atoms with van der Waals surface area (Å²) in [6, 6.07) is 7.18. The minimum Gasteiger partial charge on any atom is -0.494 e. The molecule has 2 rings (SSSR count). The lowest BCUT2D eigenvalue weighted by atomic mass is 9.96. The van der Waals surface area contributed by atoms with Crippen LogP contribution in [-0.4, -0.2) is 41.7 Å². The largest absolute Gasteiger partial charge is 0.494 e. The molecular weight excluding hydrogens is 290 g/mol.